The molecule has 4 nitrogen and oxygen atoms in total. The summed E-state index contributed by atoms with van der Waals surface area (Å²) < 4.78 is 13.4. The van der Waals surface area contributed by atoms with Gasteiger partial charge in [0.25, 0.3) is 5.91 Å². The van der Waals surface area contributed by atoms with Crippen LogP contribution in [0.3, 0.4) is 0 Å². The third-order valence-corrected chi connectivity index (χ3v) is 4.29. The standard InChI is InChI=1S/C13H9BrFNO3S/c14-10-7(3-1-4-8(10)15)12(17)16-11(13(18)19)9-5-2-6-20-9/h1-6,11H,(H,16,17)(H,18,19). The Bertz CT molecular complexity index is 645. The van der Waals surface area contributed by atoms with E-state index in [-0.39, 0.29) is 10.0 Å². The molecule has 104 valence electrons. The van der Waals surface area contributed by atoms with Crippen molar-refractivity contribution in [1.82, 2.24) is 5.32 Å². The van der Waals surface area contributed by atoms with Crippen LogP contribution >= 0.6 is 27.3 Å². The zero-order chi connectivity index (χ0) is 14.7. The maximum absolute atomic E-state index is 13.4. The first-order valence-electron chi connectivity index (χ1n) is 5.52. The van der Waals surface area contributed by atoms with E-state index < -0.39 is 23.7 Å². The van der Waals surface area contributed by atoms with Crippen LogP contribution in [0.4, 0.5) is 4.39 Å². The van der Waals surface area contributed by atoms with Gasteiger partial charge in [0.15, 0.2) is 6.04 Å². The smallest absolute Gasteiger partial charge is 0.331 e. The summed E-state index contributed by atoms with van der Waals surface area (Å²) in [5, 5.41) is 13.3. The van der Waals surface area contributed by atoms with Gasteiger partial charge in [-0.1, -0.05) is 12.1 Å². The number of benzene rings is 1. The van der Waals surface area contributed by atoms with E-state index in [4.69, 9.17) is 0 Å². The topological polar surface area (TPSA) is 66.4 Å². The number of hydrogen-bond acceptors (Lipinski definition) is 3. The average Bonchev–Trinajstić information content (AvgIpc) is 2.92. The third-order valence-electron chi connectivity index (χ3n) is 2.55. The molecule has 2 aromatic rings. The van der Waals surface area contributed by atoms with Crippen molar-refractivity contribution >= 4 is 39.1 Å². The lowest BCUT2D eigenvalue weighted by atomic mass is 10.1. The first kappa shape index (κ1) is 14.7. The molecule has 1 heterocycles. The number of halogens is 2. The van der Waals surface area contributed by atoms with Gasteiger partial charge in [0, 0.05) is 4.88 Å². The van der Waals surface area contributed by atoms with Gasteiger partial charge in [-0.05, 0) is 39.5 Å². The molecule has 1 atom stereocenters. The number of rotatable bonds is 4. The first-order valence-corrected chi connectivity index (χ1v) is 7.19. The van der Waals surface area contributed by atoms with Crippen LogP contribution in [0.5, 0.6) is 0 Å². The second kappa shape index (κ2) is 6.15. The summed E-state index contributed by atoms with van der Waals surface area (Å²) >= 11 is 4.20. The van der Waals surface area contributed by atoms with E-state index in [0.29, 0.717) is 4.88 Å². The van der Waals surface area contributed by atoms with Gasteiger partial charge in [-0.3, -0.25) is 4.79 Å². The van der Waals surface area contributed by atoms with Gasteiger partial charge in [-0.25, -0.2) is 9.18 Å². The van der Waals surface area contributed by atoms with E-state index in [9.17, 15) is 19.1 Å². The highest BCUT2D eigenvalue weighted by Crippen LogP contribution is 2.23. The Morgan fingerprint density at radius 2 is 2.05 bits per heavy atom. The second-order valence-corrected chi connectivity index (χ2v) is 5.63. The van der Waals surface area contributed by atoms with Gasteiger partial charge in [-0.2, -0.15) is 0 Å². The van der Waals surface area contributed by atoms with Crippen LogP contribution in [0.15, 0.2) is 40.2 Å². The molecule has 0 radical (unpaired) electrons. The van der Waals surface area contributed by atoms with E-state index in [1.165, 1.54) is 29.5 Å². The first-order chi connectivity index (χ1) is 9.50. The number of thiophene rings is 1. The van der Waals surface area contributed by atoms with E-state index in [2.05, 4.69) is 21.2 Å². The predicted molar refractivity (Wildman–Crippen MR) is 76.3 cm³/mol. The average molecular weight is 358 g/mol. The molecular weight excluding hydrogens is 349 g/mol. The van der Waals surface area contributed by atoms with Crippen molar-refractivity contribution in [2.75, 3.05) is 0 Å². The Morgan fingerprint density at radius 3 is 2.65 bits per heavy atom. The summed E-state index contributed by atoms with van der Waals surface area (Å²) in [7, 11) is 0. The van der Waals surface area contributed by atoms with Crippen molar-refractivity contribution in [3.05, 3.63) is 56.4 Å². The highest BCUT2D eigenvalue weighted by Gasteiger charge is 2.24. The minimum atomic E-state index is -1.17. The summed E-state index contributed by atoms with van der Waals surface area (Å²) in [6, 6.07) is 6.16. The minimum Gasteiger partial charge on any atom is -0.479 e. The van der Waals surface area contributed by atoms with Crippen LogP contribution in [0.25, 0.3) is 0 Å². The lowest BCUT2D eigenvalue weighted by Gasteiger charge is -2.13. The molecule has 1 aromatic carbocycles. The van der Waals surface area contributed by atoms with Crippen LogP contribution in [0.2, 0.25) is 0 Å². The van der Waals surface area contributed by atoms with Crippen LogP contribution in [-0.2, 0) is 4.79 Å². The van der Waals surface area contributed by atoms with Crippen molar-refractivity contribution in [3.8, 4) is 0 Å². The molecule has 0 spiro atoms. The van der Waals surface area contributed by atoms with Crippen molar-refractivity contribution in [1.29, 1.82) is 0 Å². The fourth-order valence-electron chi connectivity index (χ4n) is 1.60. The number of carboxylic acids is 1. The summed E-state index contributed by atoms with van der Waals surface area (Å²) in [6.07, 6.45) is 0. The van der Waals surface area contributed by atoms with Gasteiger partial charge >= 0.3 is 5.97 Å². The zero-order valence-corrected chi connectivity index (χ0v) is 12.4. The molecule has 2 N–H and O–H groups in total. The van der Waals surface area contributed by atoms with Gasteiger partial charge in [0.05, 0.1) is 10.0 Å². The molecule has 0 aliphatic heterocycles. The molecule has 1 amide bonds. The van der Waals surface area contributed by atoms with Crippen LogP contribution in [0, 0.1) is 5.82 Å². The third kappa shape index (κ3) is 3.05. The number of hydrogen-bond donors (Lipinski definition) is 2. The van der Waals surface area contributed by atoms with E-state index in [0.717, 1.165) is 0 Å². The number of amides is 1. The maximum atomic E-state index is 13.4. The van der Waals surface area contributed by atoms with Crippen LogP contribution in [-0.4, -0.2) is 17.0 Å². The number of carbonyl (C=O) groups excluding carboxylic acids is 1. The van der Waals surface area contributed by atoms with Gasteiger partial charge in [-0.15, -0.1) is 11.3 Å². The Balaban J connectivity index is 2.25. The summed E-state index contributed by atoms with van der Waals surface area (Å²) in [5.41, 5.74) is 0.0489. The second-order valence-electron chi connectivity index (χ2n) is 3.86. The molecule has 1 unspecified atom stereocenters. The molecule has 0 fully saturated rings. The summed E-state index contributed by atoms with van der Waals surface area (Å²) in [5.74, 6) is -2.41. The molecule has 0 saturated carbocycles. The molecule has 0 aliphatic carbocycles. The monoisotopic (exact) mass is 357 g/mol. The van der Waals surface area contributed by atoms with Crippen LogP contribution < -0.4 is 5.32 Å². The van der Waals surface area contributed by atoms with Crippen LogP contribution in [0.1, 0.15) is 21.3 Å². The highest BCUT2D eigenvalue weighted by molar-refractivity contribution is 9.10. The van der Waals surface area contributed by atoms with Gasteiger partial charge in [0.1, 0.15) is 5.82 Å². The van der Waals surface area contributed by atoms with Crippen molar-refractivity contribution in [2.24, 2.45) is 0 Å². The molecule has 20 heavy (non-hydrogen) atoms. The quantitative estimate of drug-likeness (QED) is 0.882. The highest BCUT2D eigenvalue weighted by atomic mass is 79.9. The lowest BCUT2D eigenvalue weighted by molar-refractivity contribution is -0.139. The number of carboxylic acid groups (broad SMARTS) is 1. The lowest BCUT2D eigenvalue weighted by Crippen LogP contribution is -2.33. The van der Waals surface area contributed by atoms with Gasteiger partial charge in [0.2, 0.25) is 0 Å². The summed E-state index contributed by atoms with van der Waals surface area (Å²) in [4.78, 5) is 23.8. The molecule has 0 bridgehead atoms. The van der Waals surface area contributed by atoms with E-state index in [1.54, 1.807) is 17.5 Å². The normalized spacial score (nSPS) is 11.9. The van der Waals surface area contributed by atoms with E-state index in [1.807, 2.05) is 0 Å². The van der Waals surface area contributed by atoms with Gasteiger partial charge < -0.3 is 10.4 Å². The molecule has 2 rings (SSSR count). The van der Waals surface area contributed by atoms with Crippen molar-refractivity contribution in [2.45, 2.75) is 6.04 Å². The molecule has 1 aromatic heterocycles. The zero-order valence-electron chi connectivity index (χ0n) is 9.97. The van der Waals surface area contributed by atoms with Crippen molar-refractivity contribution in [3.63, 3.8) is 0 Å². The predicted octanol–water partition coefficient (Wildman–Crippen LogP) is 3.21. The van der Waals surface area contributed by atoms with E-state index >= 15 is 0 Å². The maximum Gasteiger partial charge on any atom is 0.331 e. The fourth-order valence-corrected chi connectivity index (χ4v) is 2.81. The Kier molecular flexibility index (Phi) is 4.51. The molecule has 0 aliphatic rings. The van der Waals surface area contributed by atoms with Crippen molar-refractivity contribution < 1.29 is 19.1 Å². The number of aliphatic carboxylic acids is 1. The Labute approximate surface area is 126 Å². The Morgan fingerprint density at radius 1 is 1.30 bits per heavy atom. The summed E-state index contributed by atoms with van der Waals surface area (Å²) in [6.45, 7) is 0. The number of nitrogens with one attached hydrogen (secondary N) is 1. The minimum absolute atomic E-state index is 0.00724. The molecular formula is C13H9BrFNO3S. The SMILES string of the molecule is O=C(NC(C(=O)O)c1cccs1)c1cccc(F)c1Br. The fraction of sp³-hybridized carbons (Fsp3) is 0.0769. The largest absolute Gasteiger partial charge is 0.479 e. The molecule has 0 saturated heterocycles. The molecule has 7 heteroatoms. The Hall–Kier alpha value is -1.73. The number of carbonyl (C=O) groups is 2.